The minimum absolute atomic E-state index is 0.214. The van der Waals surface area contributed by atoms with E-state index in [0.29, 0.717) is 28.6 Å². The molecule has 2 fully saturated rings. The third-order valence-corrected chi connectivity index (χ3v) is 5.54. The molecule has 0 saturated carbocycles. The Morgan fingerprint density at radius 3 is 2.77 bits per heavy atom. The van der Waals surface area contributed by atoms with E-state index in [2.05, 4.69) is 43.0 Å². The number of anilines is 4. The van der Waals surface area contributed by atoms with E-state index in [0.717, 1.165) is 57.2 Å². The van der Waals surface area contributed by atoms with Crippen LogP contribution < -0.4 is 26.4 Å². The molecule has 1 aromatic carbocycles. The van der Waals surface area contributed by atoms with Crippen LogP contribution in [0.25, 0.3) is 10.9 Å². The Morgan fingerprint density at radius 2 is 2.00 bits per heavy atom. The van der Waals surface area contributed by atoms with Crippen molar-refractivity contribution in [2.24, 2.45) is 0 Å². The van der Waals surface area contributed by atoms with E-state index >= 15 is 0 Å². The molecule has 156 valence electrons. The largest absolute Gasteiger partial charge is 0.378 e. The van der Waals surface area contributed by atoms with Crippen molar-refractivity contribution < 1.29 is 4.74 Å². The van der Waals surface area contributed by atoms with E-state index in [9.17, 15) is 4.79 Å². The zero-order valence-electron chi connectivity index (χ0n) is 16.6. The lowest BCUT2D eigenvalue weighted by atomic mass is 10.2. The Morgan fingerprint density at radius 1 is 1.17 bits per heavy atom. The predicted octanol–water partition coefficient (Wildman–Crippen LogP) is 1.67. The van der Waals surface area contributed by atoms with Crippen LogP contribution in [0.4, 0.5) is 23.0 Å². The molecule has 2 aromatic heterocycles. The highest BCUT2D eigenvalue weighted by atomic mass is 16.5. The van der Waals surface area contributed by atoms with Crippen LogP contribution in [0.5, 0.6) is 0 Å². The van der Waals surface area contributed by atoms with Gasteiger partial charge in [-0.25, -0.2) is 9.97 Å². The summed E-state index contributed by atoms with van der Waals surface area (Å²) >= 11 is 0. The van der Waals surface area contributed by atoms with Gasteiger partial charge in [-0.3, -0.25) is 4.79 Å². The summed E-state index contributed by atoms with van der Waals surface area (Å²) in [5, 5.41) is 10.5. The van der Waals surface area contributed by atoms with Gasteiger partial charge in [0.25, 0.3) is 5.56 Å². The number of aromatic nitrogens is 3. The van der Waals surface area contributed by atoms with Gasteiger partial charge in [-0.2, -0.15) is 0 Å². The number of benzene rings is 1. The summed E-state index contributed by atoms with van der Waals surface area (Å²) in [4.78, 5) is 26.5. The molecule has 3 aromatic rings. The maximum atomic E-state index is 12.5. The summed E-state index contributed by atoms with van der Waals surface area (Å²) < 4.78 is 5.42. The van der Waals surface area contributed by atoms with Crippen LogP contribution in [-0.4, -0.2) is 60.4 Å². The number of aromatic amines is 1. The number of fused-ring (bicyclic) bond motifs is 1. The van der Waals surface area contributed by atoms with Crippen molar-refractivity contribution in [3.63, 3.8) is 0 Å². The van der Waals surface area contributed by atoms with Crippen molar-refractivity contribution in [3.8, 4) is 0 Å². The number of pyridine rings is 1. The Kier molecular flexibility index (Phi) is 5.20. The number of nitrogens with zero attached hydrogens (tertiary/aromatic N) is 3. The van der Waals surface area contributed by atoms with Crippen molar-refractivity contribution in [3.05, 3.63) is 47.0 Å². The normalized spacial score (nSPS) is 19.2. The Hall–Kier alpha value is -3.17. The van der Waals surface area contributed by atoms with Crippen molar-refractivity contribution in [1.82, 2.24) is 20.3 Å². The number of ether oxygens (including phenoxy) is 1. The molecule has 30 heavy (non-hydrogen) atoms. The number of nitrogens with one attached hydrogen (secondary N) is 4. The maximum Gasteiger partial charge on any atom is 0.262 e. The molecule has 9 heteroatoms. The molecular weight excluding hydrogens is 382 g/mol. The van der Waals surface area contributed by atoms with Gasteiger partial charge in [0.05, 0.1) is 25.1 Å². The topological polar surface area (TPSA) is 107 Å². The van der Waals surface area contributed by atoms with Crippen LogP contribution in [0.1, 0.15) is 6.42 Å². The van der Waals surface area contributed by atoms with Gasteiger partial charge in [0, 0.05) is 43.1 Å². The van der Waals surface area contributed by atoms with Crippen LogP contribution in [-0.2, 0) is 4.74 Å². The molecule has 9 nitrogen and oxygen atoms in total. The monoisotopic (exact) mass is 407 g/mol. The fourth-order valence-electron chi connectivity index (χ4n) is 3.96. The number of H-pyrrole nitrogens is 1. The second-order valence-corrected chi connectivity index (χ2v) is 7.59. The molecule has 5 rings (SSSR count). The molecule has 0 radical (unpaired) electrons. The summed E-state index contributed by atoms with van der Waals surface area (Å²) in [6.45, 7) is 5.18. The van der Waals surface area contributed by atoms with Gasteiger partial charge < -0.3 is 30.6 Å². The lowest BCUT2D eigenvalue weighted by Crippen LogP contribution is -2.36. The summed E-state index contributed by atoms with van der Waals surface area (Å²) in [7, 11) is 0. The molecule has 2 aliphatic heterocycles. The lowest BCUT2D eigenvalue weighted by molar-refractivity contribution is 0.122. The van der Waals surface area contributed by atoms with Crippen molar-refractivity contribution in [2.75, 3.05) is 54.9 Å². The number of hydrogen-bond acceptors (Lipinski definition) is 8. The summed E-state index contributed by atoms with van der Waals surface area (Å²) in [5.74, 6) is 1.20. The van der Waals surface area contributed by atoms with Crippen LogP contribution in [0.15, 0.2) is 41.5 Å². The first-order valence-electron chi connectivity index (χ1n) is 10.3. The lowest BCUT2D eigenvalue weighted by Gasteiger charge is -2.28. The fourth-order valence-corrected chi connectivity index (χ4v) is 3.96. The highest BCUT2D eigenvalue weighted by molar-refractivity contribution is 5.92. The highest BCUT2D eigenvalue weighted by Gasteiger charge is 2.17. The van der Waals surface area contributed by atoms with E-state index in [4.69, 9.17) is 9.72 Å². The zero-order valence-corrected chi connectivity index (χ0v) is 16.6. The molecule has 0 spiro atoms. The minimum atomic E-state index is -0.214. The predicted molar refractivity (Wildman–Crippen MR) is 118 cm³/mol. The van der Waals surface area contributed by atoms with Gasteiger partial charge in [0.2, 0.25) is 0 Å². The average Bonchev–Trinajstić information content (AvgIpc) is 3.28. The van der Waals surface area contributed by atoms with Crippen molar-refractivity contribution in [1.29, 1.82) is 0 Å². The molecule has 4 heterocycles. The van der Waals surface area contributed by atoms with Crippen LogP contribution in [0.2, 0.25) is 0 Å². The molecule has 0 amide bonds. The zero-order chi connectivity index (χ0) is 20.3. The second kappa shape index (κ2) is 8.29. The quantitative estimate of drug-likeness (QED) is 0.506. The number of rotatable bonds is 5. The minimum Gasteiger partial charge on any atom is -0.378 e. The van der Waals surface area contributed by atoms with Crippen LogP contribution in [0.3, 0.4) is 0 Å². The first-order valence-corrected chi connectivity index (χ1v) is 10.3. The molecule has 1 atom stereocenters. The Labute approximate surface area is 173 Å². The van der Waals surface area contributed by atoms with Gasteiger partial charge in [-0.15, -0.1) is 0 Å². The third kappa shape index (κ3) is 3.94. The molecular formula is C21H25N7O2. The van der Waals surface area contributed by atoms with Crippen LogP contribution >= 0.6 is 0 Å². The molecule has 2 aliphatic rings. The molecule has 2 saturated heterocycles. The Balaban J connectivity index is 1.44. The number of morpholine rings is 1. The summed E-state index contributed by atoms with van der Waals surface area (Å²) in [5.41, 5.74) is 2.41. The molecule has 0 unspecified atom stereocenters. The second-order valence-electron chi connectivity index (χ2n) is 7.59. The third-order valence-electron chi connectivity index (χ3n) is 5.54. The van der Waals surface area contributed by atoms with Crippen LogP contribution in [0, 0.1) is 0 Å². The Bertz CT molecular complexity index is 1070. The first kappa shape index (κ1) is 18.8. The first-order chi connectivity index (χ1) is 14.8. The van der Waals surface area contributed by atoms with E-state index in [-0.39, 0.29) is 5.56 Å². The van der Waals surface area contributed by atoms with E-state index in [1.807, 2.05) is 18.2 Å². The van der Waals surface area contributed by atoms with E-state index in [1.165, 1.54) is 6.33 Å². The van der Waals surface area contributed by atoms with Crippen molar-refractivity contribution >= 4 is 33.9 Å². The number of hydrogen-bond donors (Lipinski definition) is 4. The summed E-state index contributed by atoms with van der Waals surface area (Å²) in [6, 6.07) is 10.3. The average molecular weight is 407 g/mol. The molecule has 0 bridgehead atoms. The van der Waals surface area contributed by atoms with Crippen molar-refractivity contribution in [2.45, 2.75) is 12.5 Å². The smallest absolute Gasteiger partial charge is 0.262 e. The van der Waals surface area contributed by atoms with Gasteiger partial charge >= 0.3 is 0 Å². The van der Waals surface area contributed by atoms with Gasteiger partial charge in [0.1, 0.15) is 17.0 Å². The van der Waals surface area contributed by atoms with Gasteiger partial charge in [-0.1, -0.05) is 0 Å². The van der Waals surface area contributed by atoms with Gasteiger partial charge in [-0.05, 0) is 37.2 Å². The molecule has 4 N–H and O–H groups in total. The van der Waals surface area contributed by atoms with E-state index in [1.54, 1.807) is 0 Å². The SMILES string of the molecule is O=c1[nH]cnc2cc(N[C@H]3CCNC3)nc(Nc3ccc(N4CCOCC4)cc3)c12. The summed E-state index contributed by atoms with van der Waals surface area (Å²) in [6.07, 6.45) is 2.46. The maximum absolute atomic E-state index is 12.5. The molecule has 0 aliphatic carbocycles. The fraction of sp³-hybridized carbons (Fsp3) is 0.381. The standard InChI is InChI=1S/C21H25N7O2/c29-21-19-17(23-13-24-21)11-18(25-15-5-6-22-12-15)27-20(19)26-14-1-3-16(4-2-14)28-7-9-30-10-8-28/h1-4,11,13,15,22H,5-10,12H2,(H,23,24,29)(H2,25,26,27)/t15-/m0/s1. The van der Waals surface area contributed by atoms with Gasteiger partial charge in [0.15, 0.2) is 0 Å². The highest BCUT2D eigenvalue weighted by Crippen LogP contribution is 2.26. The van der Waals surface area contributed by atoms with E-state index < -0.39 is 0 Å².